The Balaban J connectivity index is 2.27. The van der Waals surface area contributed by atoms with Crippen LogP contribution in [-0.2, 0) is 0 Å². The van der Waals surface area contributed by atoms with Crippen molar-refractivity contribution in [1.29, 1.82) is 0 Å². The summed E-state index contributed by atoms with van der Waals surface area (Å²) in [5.74, 6) is 0. The zero-order valence-corrected chi connectivity index (χ0v) is 12.9. The lowest BCUT2D eigenvalue weighted by molar-refractivity contribution is 0.777. The smallest absolute Gasteiger partial charge is 0.0166 e. The van der Waals surface area contributed by atoms with Crippen molar-refractivity contribution >= 4 is 18.5 Å². The van der Waals surface area contributed by atoms with E-state index in [-0.39, 0.29) is 7.92 Å². The molecule has 0 saturated heterocycles. The summed E-state index contributed by atoms with van der Waals surface area (Å²) in [7, 11) is -0.183. The molecule has 1 unspecified atom stereocenters. The van der Waals surface area contributed by atoms with Crippen molar-refractivity contribution in [1.82, 2.24) is 0 Å². The van der Waals surface area contributed by atoms with Gasteiger partial charge in [0.15, 0.2) is 0 Å². The van der Waals surface area contributed by atoms with E-state index in [1.54, 1.807) is 5.30 Å². The van der Waals surface area contributed by atoms with Crippen molar-refractivity contribution in [2.75, 3.05) is 6.16 Å². The molecule has 0 heterocycles. The van der Waals surface area contributed by atoms with Crippen LogP contribution in [0.15, 0.2) is 54.6 Å². The molecule has 0 nitrogen and oxygen atoms in total. The Hall–Kier alpha value is -1.13. The van der Waals surface area contributed by atoms with Gasteiger partial charge >= 0.3 is 0 Å². The van der Waals surface area contributed by atoms with Crippen LogP contribution in [0, 0.1) is 6.92 Å². The van der Waals surface area contributed by atoms with Crippen molar-refractivity contribution in [2.24, 2.45) is 0 Å². The summed E-state index contributed by atoms with van der Waals surface area (Å²) >= 11 is 0. The molecule has 0 radical (unpaired) electrons. The Morgan fingerprint density at radius 2 is 1.53 bits per heavy atom. The molecule has 0 spiro atoms. The fourth-order valence-corrected chi connectivity index (χ4v) is 5.00. The van der Waals surface area contributed by atoms with Crippen molar-refractivity contribution in [3.63, 3.8) is 0 Å². The van der Waals surface area contributed by atoms with Crippen molar-refractivity contribution in [2.45, 2.75) is 33.1 Å². The minimum absolute atomic E-state index is 0.183. The Morgan fingerprint density at radius 3 is 2.21 bits per heavy atom. The van der Waals surface area contributed by atoms with Crippen molar-refractivity contribution < 1.29 is 0 Å². The van der Waals surface area contributed by atoms with E-state index in [9.17, 15) is 0 Å². The first-order chi connectivity index (χ1) is 9.33. The average Bonchev–Trinajstić information content (AvgIpc) is 2.46. The van der Waals surface area contributed by atoms with Crippen molar-refractivity contribution in [3.05, 3.63) is 60.2 Å². The Morgan fingerprint density at radius 1 is 0.842 bits per heavy atom. The van der Waals surface area contributed by atoms with Gasteiger partial charge in [-0.3, -0.25) is 0 Å². The monoisotopic (exact) mass is 270 g/mol. The molecule has 0 bridgehead atoms. The second kappa shape index (κ2) is 7.46. The standard InChI is InChI=1S/C18H23P/c1-3-4-10-15-19(17-12-6-5-7-13-17)18-14-9-8-11-16(18)2/h5-9,11-14H,3-4,10,15H2,1-2H3. The summed E-state index contributed by atoms with van der Waals surface area (Å²) in [6.07, 6.45) is 5.30. The summed E-state index contributed by atoms with van der Waals surface area (Å²) in [5, 5.41) is 3.07. The summed E-state index contributed by atoms with van der Waals surface area (Å²) < 4.78 is 0. The van der Waals surface area contributed by atoms with Crippen LogP contribution in [-0.4, -0.2) is 6.16 Å². The molecule has 0 fully saturated rings. The average molecular weight is 270 g/mol. The molecule has 19 heavy (non-hydrogen) atoms. The lowest BCUT2D eigenvalue weighted by Gasteiger charge is -2.20. The second-order valence-corrected chi connectivity index (χ2v) is 7.28. The molecule has 0 N–H and O–H groups in total. The number of hydrogen-bond acceptors (Lipinski definition) is 0. The molecule has 0 saturated carbocycles. The van der Waals surface area contributed by atoms with Gasteiger partial charge in [0, 0.05) is 0 Å². The molecular weight excluding hydrogens is 247 g/mol. The summed E-state index contributed by atoms with van der Waals surface area (Å²) in [5.41, 5.74) is 1.44. The maximum atomic E-state index is 2.32. The minimum Gasteiger partial charge on any atom is -0.0654 e. The van der Waals surface area contributed by atoms with Gasteiger partial charge in [0.1, 0.15) is 0 Å². The molecule has 2 aromatic carbocycles. The van der Waals surface area contributed by atoms with E-state index >= 15 is 0 Å². The summed E-state index contributed by atoms with van der Waals surface area (Å²) in [6, 6.07) is 19.9. The van der Waals surface area contributed by atoms with Crippen LogP contribution in [0.25, 0.3) is 0 Å². The highest BCUT2D eigenvalue weighted by molar-refractivity contribution is 7.73. The number of hydrogen-bond donors (Lipinski definition) is 0. The molecular formula is C18H23P. The highest BCUT2D eigenvalue weighted by atomic mass is 31.1. The van der Waals surface area contributed by atoms with Gasteiger partial charge in [0.2, 0.25) is 0 Å². The molecule has 1 atom stereocenters. The molecule has 1 heteroatoms. The maximum absolute atomic E-state index is 2.32. The quantitative estimate of drug-likeness (QED) is 0.531. The molecule has 0 aliphatic heterocycles. The topological polar surface area (TPSA) is 0 Å². The number of aryl methyl sites for hydroxylation is 1. The molecule has 0 amide bonds. The Bertz CT molecular complexity index is 490. The number of benzene rings is 2. The fraction of sp³-hybridized carbons (Fsp3) is 0.333. The lowest BCUT2D eigenvalue weighted by atomic mass is 10.2. The van der Waals surface area contributed by atoms with Gasteiger partial charge in [-0.2, -0.15) is 0 Å². The first kappa shape index (κ1) is 14.3. The van der Waals surface area contributed by atoms with Gasteiger partial charge in [-0.15, -0.1) is 0 Å². The SMILES string of the molecule is CCCCCP(c1ccccc1)c1ccccc1C. The zero-order valence-electron chi connectivity index (χ0n) is 12.0. The summed E-state index contributed by atoms with van der Waals surface area (Å²) in [6.45, 7) is 4.52. The Kier molecular flexibility index (Phi) is 5.61. The highest BCUT2D eigenvalue weighted by Gasteiger charge is 2.14. The third-order valence-electron chi connectivity index (χ3n) is 3.46. The predicted molar refractivity (Wildman–Crippen MR) is 88.2 cm³/mol. The maximum Gasteiger partial charge on any atom is -0.0166 e. The van der Waals surface area contributed by atoms with E-state index in [1.165, 1.54) is 36.3 Å². The molecule has 0 aliphatic carbocycles. The van der Waals surface area contributed by atoms with Crippen LogP contribution in [0.1, 0.15) is 31.7 Å². The molecule has 100 valence electrons. The van der Waals surface area contributed by atoms with E-state index in [4.69, 9.17) is 0 Å². The molecule has 2 aromatic rings. The molecule has 2 rings (SSSR count). The van der Waals surface area contributed by atoms with Crippen molar-refractivity contribution in [3.8, 4) is 0 Å². The van der Waals surface area contributed by atoms with Crippen LogP contribution in [0.4, 0.5) is 0 Å². The number of rotatable bonds is 6. The van der Waals surface area contributed by atoms with Crippen LogP contribution in [0.2, 0.25) is 0 Å². The van der Waals surface area contributed by atoms with Crippen LogP contribution < -0.4 is 10.6 Å². The van der Waals surface area contributed by atoms with E-state index in [2.05, 4.69) is 68.4 Å². The van der Waals surface area contributed by atoms with Gasteiger partial charge in [0.25, 0.3) is 0 Å². The third kappa shape index (κ3) is 3.91. The predicted octanol–water partition coefficient (Wildman–Crippen LogP) is 4.62. The zero-order chi connectivity index (χ0) is 13.5. The third-order valence-corrected chi connectivity index (χ3v) is 6.23. The van der Waals surface area contributed by atoms with E-state index < -0.39 is 0 Å². The minimum atomic E-state index is -0.183. The van der Waals surface area contributed by atoms with Crippen LogP contribution >= 0.6 is 7.92 Å². The van der Waals surface area contributed by atoms with Gasteiger partial charge in [-0.05, 0) is 43.6 Å². The number of unbranched alkanes of at least 4 members (excludes halogenated alkanes) is 2. The van der Waals surface area contributed by atoms with E-state index in [1.807, 2.05) is 0 Å². The van der Waals surface area contributed by atoms with Gasteiger partial charge in [-0.1, -0.05) is 74.4 Å². The van der Waals surface area contributed by atoms with Crippen LogP contribution in [0.5, 0.6) is 0 Å². The van der Waals surface area contributed by atoms with Gasteiger partial charge in [0.05, 0.1) is 0 Å². The normalized spacial score (nSPS) is 12.3. The summed E-state index contributed by atoms with van der Waals surface area (Å²) in [4.78, 5) is 0. The second-order valence-electron chi connectivity index (χ2n) is 4.98. The fourth-order valence-electron chi connectivity index (χ4n) is 2.38. The van der Waals surface area contributed by atoms with E-state index in [0.29, 0.717) is 0 Å². The lowest BCUT2D eigenvalue weighted by Crippen LogP contribution is -2.16. The Labute approximate surface area is 118 Å². The molecule has 0 aliphatic rings. The molecule has 0 aromatic heterocycles. The van der Waals surface area contributed by atoms with Gasteiger partial charge in [-0.25, -0.2) is 0 Å². The van der Waals surface area contributed by atoms with Crippen LogP contribution in [0.3, 0.4) is 0 Å². The van der Waals surface area contributed by atoms with Gasteiger partial charge < -0.3 is 0 Å². The first-order valence-electron chi connectivity index (χ1n) is 7.21. The highest BCUT2D eigenvalue weighted by Crippen LogP contribution is 2.35. The first-order valence-corrected chi connectivity index (χ1v) is 8.74. The van der Waals surface area contributed by atoms with E-state index in [0.717, 1.165) is 0 Å². The largest absolute Gasteiger partial charge is 0.0654 e.